The van der Waals surface area contributed by atoms with Gasteiger partial charge >= 0.3 is 0 Å². The molecule has 1 unspecified atom stereocenters. The maximum atomic E-state index is 8.66. The van der Waals surface area contributed by atoms with Crippen molar-refractivity contribution in [2.24, 2.45) is 0 Å². The second-order valence-electron chi connectivity index (χ2n) is 2.37. The Kier molecular flexibility index (Phi) is 2.89. The SMILES string of the molecule is CC(C#N)c1ccccc1I. The van der Waals surface area contributed by atoms with E-state index in [4.69, 9.17) is 5.26 Å². The summed E-state index contributed by atoms with van der Waals surface area (Å²) in [5, 5.41) is 8.66. The van der Waals surface area contributed by atoms with Crippen LogP contribution in [0, 0.1) is 14.9 Å². The summed E-state index contributed by atoms with van der Waals surface area (Å²) in [6, 6.07) is 10.2. The standard InChI is InChI=1S/C9H8IN/c1-7(6-11)8-4-2-3-5-9(8)10/h2-5,7H,1H3. The second kappa shape index (κ2) is 3.72. The van der Waals surface area contributed by atoms with Crippen LogP contribution in [0.5, 0.6) is 0 Å². The number of rotatable bonds is 1. The molecule has 0 amide bonds. The van der Waals surface area contributed by atoms with Crippen LogP contribution >= 0.6 is 22.6 Å². The molecule has 0 radical (unpaired) electrons. The zero-order chi connectivity index (χ0) is 8.27. The Hall–Kier alpha value is -0.560. The van der Waals surface area contributed by atoms with E-state index >= 15 is 0 Å². The van der Waals surface area contributed by atoms with Crippen molar-refractivity contribution in [2.75, 3.05) is 0 Å². The molecule has 0 bridgehead atoms. The molecule has 1 aromatic carbocycles. The van der Waals surface area contributed by atoms with Crippen LogP contribution in [0.4, 0.5) is 0 Å². The molecule has 0 aliphatic rings. The van der Waals surface area contributed by atoms with Crippen molar-refractivity contribution >= 4 is 22.6 Å². The molecule has 0 spiro atoms. The Balaban J connectivity index is 3.05. The van der Waals surface area contributed by atoms with Crippen molar-refractivity contribution in [2.45, 2.75) is 12.8 Å². The smallest absolute Gasteiger partial charge is 0.0701 e. The molecule has 0 N–H and O–H groups in total. The summed E-state index contributed by atoms with van der Waals surface area (Å²) in [6.07, 6.45) is 0. The molecular weight excluding hydrogens is 249 g/mol. The summed E-state index contributed by atoms with van der Waals surface area (Å²) >= 11 is 2.25. The van der Waals surface area contributed by atoms with Crippen LogP contribution in [0.25, 0.3) is 0 Å². The third-order valence-electron chi connectivity index (χ3n) is 1.57. The third-order valence-corrected chi connectivity index (χ3v) is 2.55. The molecule has 0 heterocycles. The molecule has 0 saturated heterocycles. The number of halogens is 1. The van der Waals surface area contributed by atoms with Crippen molar-refractivity contribution in [1.82, 2.24) is 0 Å². The van der Waals surface area contributed by atoms with E-state index in [0.717, 1.165) is 5.56 Å². The van der Waals surface area contributed by atoms with Crippen molar-refractivity contribution in [1.29, 1.82) is 5.26 Å². The number of nitrogens with zero attached hydrogens (tertiary/aromatic N) is 1. The average Bonchev–Trinajstić information content (AvgIpc) is 2.04. The highest BCUT2D eigenvalue weighted by Crippen LogP contribution is 2.19. The van der Waals surface area contributed by atoms with Gasteiger partial charge in [0.25, 0.3) is 0 Å². The van der Waals surface area contributed by atoms with E-state index in [-0.39, 0.29) is 5.92 Å². The van der Waals surface area contributed by atoms with E-state index in [1.165, 1.54) is 3.57 Å². The highest BCUT2D eigenvalue weighted by atomic mass is 127. The van der Waals surface area contributed by atoms with Gasteiger partial charge in [0, 0.05) is 3.57 Å². The first-order valence-electron chi connectivity index (χ1n) is 3.39. The minimum atomic E-state index is 0.00287. The highest BCUT2D eigenvalue weighted by Gasteiger charge is 2.05. The lowest BCUT2D eigenvalue weighted by Crippen LogP contribution is -1.91. The van der Waals surface area contributed by atoms with Gasteiger partial charge in [-0.2, -0.15) is 5.26 Å². The molecule has 0 aliphatic carbocycles. The van der Waals surface area contributed by atoms with Crippen molar-refractivity contribution in [3.63, 3.8) is 0 Å². The quantitative estimate of drug-likeness (QED) is 0.709. The normalized spacial score (nSPS) is 12.1. The fourth-order valence-corrected chi connectivity index (χ4v) is 1.75. The lowest BCUT2D eigenvalue weighted by atomic mass is 10.0. The van der Waals surface area contributed by atoms with Gasteiger partial charge in [0.1, 0.15) is 0 Å². The van der Waals surface area contributed by atoms with Crippen LogP contribution in [-0.2, 0) is 0 Å². The Morgan fingerprint density at radius 3 is 2.64 bits per heavy atom. The summed E-state index contributed by atoms with van der Waals surface area (Å²) in [5.41, 5.74) is 1.12. The summed E-state index contributed by atoms with van der Waals surface area (Å²) in [7, 11) is 0. The molecule has 0 fully saturated rings. The Morgan fingerprint density at radius 1 is 1.45 bits per heavy atom. The van der Waals surface area contributed by atoms with E-state index in [9.17, 15) is 0 Å². The zero-order valence-corrected chi connectivity index (χ0v) is 8.37. The van der Waals surface area contributed by atoms with Crippen molar-refractivity contribution in [3.05, 3.63) is 33.4 Å². The van der Waals surface area contributed by atoms with E-state index < -0.39 is 0 Å². The minimum Gasteiger partial charge on any atom is -0.198 e. The number of hydrogen-bond acceptors (Lipinski definition) is 1. The molecule has 1 nitrogen and oxygen atoms in total. The largest absolute Gasteiger partial charge is 0.198 e. The van der Waals surface area contributed by atoms with E-state index in [1.807, 2.05) is 31.2 Å². The molecule has 11 heavy (non-hydrogen) atoms. The van der Waals surface area contributed by atoms with Crippen LogP contribution in [-0.4, -0.2) is 0 Å². The van der Waals surface area contributed by atoms with Crippen molar-refractivity contribution in [3.8, 4) is 6.07 Å². The topological polar surface area (TPSA) is 23.8 Å². The molecule has 0 aliphatic heterocycles. The van der Waals surface area contributed by atoms with Gasteiger partial charge in [-0.3, -0.25) is 0 Å². The maximum Gasteiger partial charge on any atom is 0.0701 e. The molecule has 1 rings (SSSR count). The minimum absolute atomic E-state index is 0.00287. The van der Waals surface area contributed by atoms with Crippen LogP contribution < -0.4 is 0 Å². The number of nitriles is 1. The van der Waals surface area contributed by atoms with Gasteiger partial charge in [-0.25, -0.2) is 0 Å². The second-order valence-corrected chi connectivity index (χ2v) is 3.53. The summed E-state index contributed by atoms with van der Waals surface area (Å²) in [4.78, 5) is 0. The third kappa shape index (κ3) is 1.93. The van der Waals surface area contributed by atoms with Gasteiger partial charge in [-0.05, 0) is 41.1 Å². The monoisotopic (exact) mass is 257 g/mol. The number of benzene rings is 1. The lowest BCUT2D eigenvalue weighted by molar-refractivity contribution is 0.973. The predicted octanol–water partition coefficient (Wildman–Crippen LogP) is 2.92. The molecule has 2 heteroatoms. The fraction of sp³-hybridized carbons (Fsp3) is 0.222. The molecule has 0 saturated carbocycles. The Morgan fingerprint density at radius 2 is 2.09 bits per heavy atom. The summed E-state index contributed by atoms with van der Waals surface area (Å²) in [6.45, 7) is 1.91. The van der Waals surface area contributed by atoms with E-state index in [2.05, 4.69) is 28.7 Å². The number of hydrogen-bond donors (Lipinski definition) is 0. The summed E-state index contributed by atoms with van der Waals surface area (Å²) < 4.78 is 1.17. The first-order valence-corrected chi connectivity index (χ1v) is 4.47. The predicted molar refractivity (Wildman–Crippen MR) is 53.2 cm³/mol. The Labute approximate surface area is 80.2 Å². The fourth-order valence-electron chi connectivity index (χ4n) is 0.896. The molecule has 56 valence electrons. The van der Waals surface area contributed by atoms with E-state index in [1.54, 1.807) is 0 Å². The van der Waals surface area contributed by atoms with Gasteiger partial charge in [-0.1, -0.05) is 18.2 Å². The molecular formula is C9H8IN. The van der Waals surface area contributed by atoms with Gasteiger partial charge in [0.2, 0.25) is 0 Å². The van der Waals surface area contributed by atoms with Gasteiger partial charge in [0.15, 0.2) is 0 Å². The van der Waals surface area contributed by atoms with Crippen LogP contribution in [0.15, 0.2) is 24.3 Å². The van der Waals surface area contributed by atoms with Crippen LogP contribution in [0.2, 0.25) is 0 Å². The molecule has 0 aromatic heterocycles. The lowest BCUT2D eigenvalue weighted by Gasteiger charge is -2.03. The average molecular weight is 257 g/mol. The van der Waals surface area contributed by atoms with Gasteiger partial charge in [-0.15, -0.1) is 0 Å². The van der Waals surface area contributed by atoms with E-state index in [0.29, 0.717) is 0 Å². The van der Waals surface area contributed by atoms with Crippen LogP contribution in [0.3, 0.4) is 0 Å². The molecule has 1 atom stereocenters. The highest BCUT2D eigenvalue weighted by molar-refractivity contribution is 14.1. The van der Waals surface area contributed by atoms with Gasteiger partial charge in [0.05, 0.1) is 12.0 Å². The Bertz CT molecular complexity index is 288. The van der Waals surface area contributed by atoms with Gasteiger partial charge < -0.3 is 0 Å². The van der Waals surface area contributed by atoms with Crippen molar-refractivity contribution < 1.29 is 0 Å². The first-order chi connectivity index (χ1) is 5.25. The summed E-state index contributed by atoms with van der Waals surface area (Å²) in [5.74, 6) is 0.00287. The maximum absolute atomic E-state index is 8.66. The first kappa shape index (κ1) is 8.54. The van der Waals surface area contributed by atoms with Crippen LogP contribution in [0.1, 0.15) is 18.4 Å². The molecule has 1 aromatic rings. The zero-order valence-electron chi connectivity index (χ0n) is 6.21.